The van der Waals surface area contributed by atoms with Gasteiger partial charge in [0, 0.05) is 13.2 Å². The average Bonchev–Trinajstić information content (AvgIpc) is 2.38. The quantitative estimate of drug-likeness (QED) is 0.871. The summed E-state index contributed by atoms with van der Waals surface area (Å²) in [6.07, 6.45) is 1.57. The predicted molar refractivity (Wildman–Crippen MR) is 65.9 cm³/mol. The molecule has 1 atom stereocenters. The van der Waals surface area contributed by atoms with Gasteiger partial charge >= 0.3 is 0 Å². The van der Waals surface area contributed by atoms with E-state index in [4.69, 9.17) is 9.47 Å². The van der Waals surface area contributed by atoms with Crippen LogP contribution in [-0.2, 0) is 9.47 Å². The minimum Gasteiger partial charge on any atom is -0.386 e. The molecule has 1 N–H and O–H groups in total. The number of ether oxygens (including phenoxy) is 2. The summed E-state index contributed by atoms with van der Waals surface area (Å²) in [5, 5.41) is 9.99. The monoisotopic (exact) mass is 236 g/mol. The highest BCUT2D eigenvalue weighted by Crippen LogP contribution is 2.17. The third kappa shape index (κ3) is 3.80. The normalized spacial score (nSPS) is 19.2. The number of hydrogen-bond donors (Lipinski definition) is 1. The zero-order valence-corrected chi connectivity index (χ0v) is 10.3. The van der Waals surface area contributed by atoms with Crippen molar-refractivity contribution in [3.8, 4) is 0 Å². The molecule has 0 aromatic heterocycles. The van der Waals surface area contributed by atoms with Gasteiger partial charge in [-0.1, -0.05) is 29.8 Å². The van der Waals surface area contributed by atoms with Gasteiger partial charge in [0.25, 0.3) is 0 Å². The number of aliphatic hydroxyl groups excluding tert-OH is 1. The van der Waals surface area contributed by atoms with E-state index in [0.717, 1.165) is 31.6 Å². The van der Waals surface area contributed by atoms with E-state index in [-0.39, 0.29) is 6.10 Å². The topological polar surface area (TPSA) is 38.7 Å². The smallest absolute Gasteiger partial charge is 0.102 e. The Balaban J connectivity index is 1.80. The van der Waals surface area contributed by atoms with E-state index >= 15 is 0 Å². The summed E-state index contributed by atoms with van der Waals surface area (Å²) in [5.74, 6) is 0. The molecule has 3 heteroatoms. The maximum atomic E-state index is 9.99. The lowest BCUT2D eigenvalue weighted by molar-refractivity contribution is -0.0598. The van der Waals surface area contributed by atoms with E-state index in [1.807, 2.05) is 31.2 Å². The maximum absolute atomic E-state index is 9.99. The summed E-state index contributed by atoms with van der Waals surface area (Å²) < 4.78 is 11.0. The highest BCUT2D eigenvalue weighted by Gasteiger charge is 2.16. The number of hydrogen-bond acceptors (Lipinski definition) is 3. The van der Waals surface area contributed by atoms with Crippen LogP contribution in [-0.4, -0.2) is 31.0 Å². The first-order chi connectivity index (χ1) is 8.25. The summed E-state index contributed by atoms with van der Waals surface area (Å²) >= 11 is 0. The number of rotatable bonds is 4. The van der Waals surface area contributed by atoms with Crippen LogP contribution in [0.15, 0.2) is 24.3 Å². The molecule has 1 aliphatic rings. The second-order valence-corrected chi connectivity index (χ2v) is 4.57. The predicted octanol–water partition coefficient (Wildman–Crippen LogP) is 2.22. The number of benzene rings is 1. The van der Waals surface area contributed by atoms with Gasteiger partial charge in [-0.2, -0.15) is 0 Å². The van der Waals surface area contributed by atoms with E-state index in [9.17, 15) is 5.11 Å². The first kappa shape index (κ1) is 12.6. The van der Waals surface area contributed by atoms with Crippen molar-refractivity contribution in [1.29, 1.82) is 0 Å². The van der Waals surface area contributed by atoms with Gasteiger partial charge in [-0.05, 0) is 25.3 Å². The zero-order chi connectivity index (χ0) is 12.1. The van der Waals surface area contributed by atoms with Crippen LogP contribution in [0.25, 0.3) is 0 Å². The van der Waals surface area contributed by atoms with Gasteiger partial charge < -0.3 is 14.6 Å². The SMILES string of the molecule is Cc1ccc(C(O)COC2CCOCC2)cc1. The van der Waals surface area contributed by atoms with E-state index in [1.165, 1.54) is 5.56 Å². The molecule has 0 amide bonds. The molecule has 0 radical (unpaired) electrons. The molecule has 1 aromatic rings. The van der Waals surface area contributed by atoms with Gasteiger partial charge in [-0.15, -0.1) is 0 Å². The van der Waals surface area contributed by atoms with Crippen LogP contribution in [0.3, 0.4) is 0 Å². The van der Waals surface area contributed by atoms with Crippen LogP contribution in [0.1, 0.15) is 30.1 Å². The van der Waals surface area contributed by atoms with E-state index in [0.29, 0.717) is 6.61 Å². The molecule has 1 aromatic carbocycles. The second kappa shape index (κ2) is 6.15. The molecule has 0 saturated carbocycles. The summed E-state index contributed by atoms with van der Waals surface area (Å²) in [7, 11) is 0. The molecule has 2 rings (SSSR count). The highest BCUT2D eigenvalue weighted by atomic mass is 16.5. The van der Waals surface area contributed by atoms with Gasteiger partial charge in [0.15, 0.2) is 0 Å². The fourth-order valence-corrected chi connectivity index (χ4v) is 1.95. The maximum Gasteiger partial charge on any atom is 0.102 e. The highest BCUT2D eigenvalue weighted by molar-refractivity contribution is 5.23. The first-order valence-electron chi connectivity index (χ1n) is 6.19. The number of aliphatic hydroxyl groups is 1. The van der Waals surface area contributed by atoms with Crippen molar-refractivity contribution in [2.45, 2.75) is 32.0 Å². The van der Waals surface area contributed by atoms with Gasteiger partial charge in [-0.25, -0.2) is 0 Å². The fourth-order valence-electron chi connectivity index (χ4n) is 1.95. The van der Waals surface area contributed by atoms with E-state index in [2.05, 4.69) is 0 Å². The molecule has 0 aliphatic carbocycles. The van der Waals surface area contributed by atoms with Crippen LogP contribution in [0.2, 0.25) is 0 Å². The Hall–Kier alpha value is -0.900. The average molecular weight is 236 g/mol. The molecule has 1 aliphatic heterocycles. The molecule has 0 bridgehead atoms. The van der Waals surface area contributed by atoms with Gasteiger partial charge in [0.2, 0.25) is 0 Å². The van der Waals surface area contributed by atoms with E-state index < -0.39 is 6.10 Å². The minimum atomic E-state index is -0.529. The van der Waals surface area contributed by atoms with Gasteiger partial charge in [-0.3, -0.25) is 0 Å². The summed E-state index contributed by atoms with van der Waals surface area (Å²) in [6.45, 7) is 3.94. The third-order valence-corrected chi connectivity index (χ3v) is 3.12. The lowest BCUT2D eigenvalue weighted by Crippen LogP contribution is -2.25. The lowest BCUT2D eigenvalue weighted by atomic mass is 10.1. The Bertz CT molecular complexity index is 328. The van der Waals surface area contributed by atoms with Gasteiger partial charge in [0.05, 0.1) is 12.7 Å². The van der Waals surface area contributed by atoms with Crippen LogP contribution in [0.5, 0.6) is 0 Å². The van der Waals surface area contributed by atoms with Crippen molar-refractivity contribution in [2.24, 2.45) is 0 Å². The lowest BCUT2D eigenvalue weighted by Gasteiger charge is -2.23. The molecular formula is C14H20O3. The Kier molecular flexibility index (Phi) is 4.54. The molecule has 0 spiro atoms. The molecule has 94 valence electrons. The van der Waals surface area contributed by atoms with Crippen LogP contribution in [0, 0.1) is 6.92 Å². The number of aryl methyl sites for hydroxylation is 1. The fraction of sp³-hybridized carbons (Fsp3) is 0.571. The Morgan fingerprint density at radius 2 is 1.94 bits per heavy atom. The molecule has 1 unspecified atom stereocenters. The molecular weight excluding hydrogens is 216 g/mol. The van der Waals surface area contributed by atoms with Crippen molar-refractivity contribution in [3.05, 3.63) is 35.4 Å². The van der Waals surface area contributed by atoms with Crippen molar-refractivity contribution in [1.82, 2.24) is 0 Å². The van der Waals surface area contributed by atoms with Crippen molar-refractivity contribution < 1.29 is 14.6 Å². The summed E-state index contributed by atoms with van der Waals surface area (Å²) in [6, 6.07) is 7.92. The molecule has 17 heavy (non-hydrogen) atoms. The molecule has 1 heterocycles. The van der Waals surface area contributed by atoms with Gasteiger partial charge in [0.1, 0.15) is 6.10 Å². The Morgan fingerprint density at radius 3 is 2.59 bits per heavy atom. The molecule has 1 saturated heterocycles. The Labute approximate surface area is 102 Å². The molecule has 3 nitrogen and oxygen atoms in total. The second-order valence-electron chi connectivity index (χ2n) is 4.57. The van der Waals surface area contributed by atoms with Crippen molar-refractivity contribution in [2.75, 3.05) is 19.8 Å². The largest absolute Gasteiger partial charge is 0.386 e. The molecule has 1 fully saturated rings. The van der Waals surface area contributed by atoms with Crippen LogP contribution >= 0.6 is 0 Å². The van der Waals surface area contributed by atoms with Crippen molar-refractivity contribution in [3.63, 3.8) is 0 Å². The van der Waals surface area contributed by atoms with E-state index in [1.54, 1.807) is 0 Å². The minimum absolute atomic E-state index is 0.240. The van der Waals surface area contributed by atoms with Crippen LogP contribution in [0.4, 0.5) is 0 Å². The summed E-state index contributed by atoms with van der Waals surface area (Å²) in [4.78, 5) is 0. The zero-order valence-electron chi connectivity index (χ0n) is 10.3. The van der Waals surface area contributed by atoms with Crippen molar-refractivity contribution >= 4 is 0 Å². The Morgan fingerprint density at radius 1 is 1.29 bits per heavy atom. The first-order valence-corrected chi connectivity index (χ1v) is 6.19. The standard InChI is InChI=1S/C14H20O3/c1-11-2-4-12(5-3-11)14(15)10-17-13-6-8-16-9-7-13/h2-5,13-15H,6-10H2,1H3. The third-order valence-electron chi connectivity index (χ3n) is 3.12. The van der Waals surface area contributed by atoms with Crippen LogP contribution < -0.4 is 0 Å². The summed E-state index contributed by atoms with van der Waals surface area (Å²) in [5.41, 5.74) is 2.12.